The smallest absolute Gasteiger partial charge is 0.195 e. The molecule has 0 radical (unpaired) electrons. The summed E-state index contributed by atoms with van der Waals surface area (Å²) in [6.45, 7) is 0.586. The van der Waals surface area contributed by atoms with Gasteiger partial charge in [-0.25, -0.2) is 0 Å². The number of nitrogens with two attached hydrogens (primary N) is 2. The Labute approximate surface area is 93.8 Å². The Hall–Kier alpha value is -2.24. The summed E-state index contributed by atoms with van der Waals surface area (Å²) in [6, 6.07) is 9.27. The van der Waals surface area contributed by atoms with E-state index in [1.807, 2.05) is 30.3 Å². The first-order chi connectivity index (χ1) is 7.61. The second kappa shape index (κ2) is 5.59. The molecule has 0 heterocycles. The fourth-order valence-electron chi connectivity index (χ4n) is 1.14. The largest absolute Gasteiger partial charge is 0.492 e. The molecule has 0 amide bonds. The molecular weight excluding hydrogens is 206 g/mol. The lowest BCUT2D eigenvalue weighted by atomic mass is 10.3. The van der Waals surface area contributed by atoms with Gasteiger partial charge in [-0.2, -0.15) is 0 Å². The van der Waals surface area contributed by atoms with Crippen LogP contribution in [0, 0.1) is 10.8 Å². The lowest BCUT2D eigenvalue weighted by Gasteiger charge is -2.20. The molecule has 0 aromatic heterocycles. The van der Waals surface area contributed by atoms with E-state index >= 15 is 0 Å². The first-order valence-corrected chi connectivity index (χ1v) is 4.74. The summed E-state index contributed by atoms with van der Waals surface area (Å²) in [5.41, 5.74) is 10.5. The minimum atomic E-state index is -0.260. The number of nitrogens with zero attached hydrogens (tertiary/aromatic N) is 1. The Morgan fingerprint density at radius 2 is 1.69 bits per heavy atom. The van der Waals surface area contributed by atoms with Gasteiger partial charge in [0.25, 0.3) is 0 Å². The molecule has 0 unspecified atom stereocenters. The van der Waals surface area contributed by atoms with E-state index in [-0.39, 0.29) is 18.5 Å². The number of hydrogen-bond acceptors (Lipinski definition) is 3. The standard InChI is InChI=1S/C10H15N5O/c11-9(12)15(10(13)14)6-7-16-8-4-2-1-3-5-8/h1-5H,6-7H2,(H3,11,12)(H3,13,14). The number of ether oxygens (including phenoxy) is 1. The van der Waals surface area contributed by atoms with Crippen molar-refractivity contribution in [3.05, 3.63) is 30.3 Å². The first kappa shape index (κ1) is 11.8. The highest BCUT2D eigenvalue weighted by Gasteiger charge is 2.09. The Morgan fingerprint density at radius 1 is 1.12 bits per heavy atom. The van der Waals surface area contributed by atoms with Crippen LogP contribution in [0.15, 0.2) is 30.3 Å². The van der Waals surface area contributed by atoms with E-state index < -0.39 is 0 Å². The Balaban J connectivity index is 2.40. The molecule has 0 saturated heterocycles. The molecule has 0 aliphatic carbocycles. The minimum Gasteiger partial charge on any atom is -0.492 e. The van der Waals surface area contributed by atoms with Crippen molar-refractivity contribution in [3.63, 3.8) is 0 Å². The number of rotatable bonds is 4. The molecule has 86 valence electrons. The van der Waals surface area contributed by atoms with E-state index in [2.05, 4.69) is 0 Å². The van der Waals surface area contributed by atoms with Crippen LogP contribution in [-0.4, -0.2) is 30.0 Å². The maximum Gasteiger partial charge on any atom is 0.195 e. The highest BCUT2D eigenvalue weighted by Crippen LogP contribution is 2.07. The highest BCUT2D eigenvalue weighted by molar-refractivity contribution is 5.94. The van der Waals surface area contributed by atoms with Crippen LogP contribution in [0.25, 0.3) is 0 Å². The van der Waals surface area contributed by atoms with Crippen LogP contribution >= 0.6 is 0 Å². The second-order valence-corrected chi connectivity index (χ2v) is 3.08. The number of benzene rings is 1. The molecular formula is C10H15N5O. The van der Waals surface area contributed by atoms with Crippen LogP contribution in [0.5, 0.6) is 5.75 Å². The predicted octanol–water partition coefficient (Wildman–Crippen LogP) is 0.154. The minimum absolute atomic E-state index is 0.260. The van der Waals surface area contributed by atoms with E-state index in [4.69, 9.17) is 27.0 Å². The van der Waals surface area contributed by atoms with Crippen LogP contribution < -0.4 is 16.2 Å². The normalized spacial score (nSPS) is 9.50. The summed E-state index contributed by atoms with van der Waals surface area (Å²) in [7, 11) is 0. The van der Waals surface area contributed by atoms with E-state index in [1.165, 1.54) is 0 Å². The van der Waals surface area contributed by atoms with E-state index in [9.17, 15) is 0 Å². The zero-order valence-electron chi connectivity index (χ0n) is 8.81. The lowest BCUT2D eigenvalue weighted by Crippen LogP contribution is -2.46. The van der Waals surface area contributed by atoms with E-state index in [0.717, 1.165) is 10.6 Å². The average molecular weight is 221 g/mol. The summed E-state index contributed by atoms with van der Waals surface area (Å²) < 4.78 is 5.39. The third-order valence-electron chi connectivity index (χ3n) is 1.91. The van der Waals surface area contributed by atoms with Crippen LogP contribution in [0.1, 0.15) is 0 Å². The van der Waals surface area contributed by atoms with Gasteiger partial charge in [0.15, 0.2) is 11.9 Å². The van der Waals surface area contributed by atoms with Crippen molar-refractivity contribution in [2.75, 3.05) is 13.2 Å². The Bertz CT molecular complexity index is 351. The third-order valence-corrected chi connectivity index (χ3v) is 1.91. The summed E-state index contributed by atoms with van der Waals surface area (Å²) >= 11 is 0. The molecule has 6 nitrogen and oxygen atoms in total. The van der Waals surface area contributed by atoms with Crippen molar-refractivity contribution in [2.24, 2.45) is 11.5 Å². The molecule has 16 heavy (non-hydrogen) atoms. The molecule has 6 heteroatoms. The van der Waals surface area contributed by atoms with Crippen molar-refractivity contribution in [1.29, 1.82) is 10.8 Å². The Kier molecular flexibility index (Phi) is 4.14. The van der Waals surface area contributed by atoms with Crippen LogP contribution in [0.2, 0.25) is 0 Å². The zero-order valence-corrected chi connectivity index (χ0v) is 8.81. The number of para-hydroxylation sites is 1. The summed E-state index contributed by atoms with van der Waals surface area (Å²) in [5, 5.41) is 14.4. The van der Waals surface area contributed by atoms with Gasteiger partial charge in [-0.15, -0.1) is 0 Å². The van der Waals surface area contributed by atoms with Gasteiger partial charge in [-0.05, 0) is 12.1 Å². The average Bonchev–Trinajstić information content (AvgIpc) is 2.24. The van der Waals surface area contributed by atoms with E-state index in [1.54, 1.807) is 0 Å². The third kappa shape index (κ3) is 3.49. The van der Waals surface area contributed by atoms with Gasteiger partial charge < -0.3 is 16.2 Å². The maximum absolute atomic E-state index is 7.19. The SMILES string of the molecule is N=C(N)N(CCOc1ccccc1)C(=N)N. The molecule has 0 aliphatic heterocycles. The summed E-state index contributed by atoms with van der Waals surface area (Å²) in [4.78, 5) is 1.16. The van der Waals surface area contributed by atoms with Crippen molar-refractivity contribution in [3.8, 4) is 5.75 Å². The molecule has 0 spiro atoms. The molecule has 6 N–H and O–H groups in total. The fourth-order valence-corrected chi connectivity index (χ4v) is 1.14. The van der Waals surface area contributed by atoms with Crippen LogP contribution in [-0.2, 0) is 0 Å². The molecule has 0 fully saturated rings. The highest BCUT2D eigenvalue weighted by atomic mass is 16.5. The second-order valence-electron chi connectivity index (χ2n) is 3.08. The summed E-state index contributed by atoms with van der Waals surface area (Å²) in [6.07, 6.45) is 0. The quantitative estimate of drug-likeness (QED) is 0.428. The maximum atomic E-state index is 7.19. The van der Waals surface area contributed by atoms with Crippen molar-refractivity contribution in [1.82, 2.24) is 4.90 Å². The number of nitrogens with one attached hydrogen (secondary N) is 2. The molecule has 1 aromatic carbocycles. The number of guanidine groups is 2. The first-order valence-electron chi connectivity index (χ1n) is 4.74. The van der Waals surface area contributed by atoms with Gasteiger partial charge in [-0.1, -0.05) is 18.2 Å². The van der Waals surface area contributed by atoms with Crippen molar-refractivity contribution >= 4 is 11.9 Å². The molecule has 0 bridgehead atoms. The lowest BCUT2D eigenvalue weighted by molar-refractivity contribution is 0.297. The van der Waals surface area contributed by atoms with Crippen LogP contribution in [0.4, 0.5) is 0 Å². The summed E-state index contributed by atoms with van der Waals surface area (Å²) in [5.74, 6) is 0.211. The van der Waals surface area contributed by atoms with Gasteiger partial charge in [0.2, 0.25) is 0 Å². The van der Waals surface area contributed by atoms with Crippen LogP contribution in [0.3, 0.4) is 0 Å². The van der Waals surface area contributed by atoms with Gasteiger partial charge >= 0.3 is 0 Å². The number of hydrogen-bond donors (Lipinski definition) is 4. The van der Waals surface area contributed by atoms with Gasteiger partial charge in [0.05, 0.1) is 6.54 Å². The molecule has 0 aliphatic rings. The Morgan fingerprint density at radius 3 is 2.19 bits per heavy atom. The monoisotopic (exact) mass is 221 g/mol. The van der Waals surface area contributed by atoms with Crippen molar-refractivity contribution < 1.29 is 4.74 Å². The topological polar surface area (TPSA) is 112 Å². The fraction of sp³-hybridized carbons (Fsp3) is 0.200. The predicted molar refractivity (Wildman–Crippen MR) is 62.5 cm³/mol. The zero-order chi connectivity index (χ0) is 12.0. The molecule has 0 atom stereocenters. The molecule has 1 aromatic rings. The van der Waals surface area contributed by atoms with Gasteiger partial charge in [0, 0.05) is 0 Å². The molecule has 1 rings (SSSR count). The van der Waals surface area contributed by atoms with E-state index in [0.29, 0.717) is 6.61 Å². The van der Waals surface area contributed by atoms with Gasteiger partial charge in [0.1, 0.15) is 12.4 Å². The van der Waals surface area contributed by atoms with Gasteiger partial charge in [-0.3, -0.25) is 15.7 Å². The molecule has 0 saturated carbocycles. The van der Waals surface area contributed by atoms with Crippen molar-refractivity contribution in [2.45, 2.75) is 0 Å².